The molecule has 2 aliphatic carbocycles. The van der Waals surface area contributed by atoms with Crippen LogP contribution in [0.3, 0.4) is 0 Å². The molecule has 1 aromatic rings. The second kappa shape index (κ2) is 6.83. The largest absolute Gasteiger partial charge is 0.372 e. The Bertz CT molecular complexity index is 415. The van der Waals surface area contributed by atoms with Gasteiger partial charge in [-0.3, -0.25) is 0 Å². The van der Waals surface area contributed by atoms with Crippen LogP contribution in [0.2, 0.25) is 0 Å². The SMILES string of the molecule is CCN(CC)c1ccc(CNCC(C2CC2)C2CC2)cc1. The van der Waals surface area contributed by atoms with Crippen molar-refractivity contribution in [3.05, 3.63) is 29.8 Å². The van der Waals surface area contributed by atoms with Crippen molar-refractivity contribution in [2.24, 2.45) is 17.8 Å². The van der Waals surface area contributed by atoms with Gasteiger partial charge in [0.2, 0.25) is 0 Å². The van der Waals surface area contributed by atoms with Crippen LogP contribution >= 0.6 is 0 Å². The third kappa shape index (κ3) is 4.00. The van der Waals surface area contributed by atoms with Gasteiger partial charge < -0.3 is 10.2 Å². The number of hydrogen-bond acceptors (Lipinski definition) is 2. The maximum atomic E-state index is 3.71. The molecule has 2 fully saturated rings. The first-order valence-electron chi connectivity index (χ1n) is 8.86. The average molecular weight is 286 g/mol. The molecule has 2 heteroatoms. The Labute approximate surface area is 129 Å². The maximum Gasteiger partial charge on any atom is 0.0366 e. The zero-order valence-corrected chi connectivity index (χ0v) is 13.6. The van der Waals surface area contributed by atoms with Gasteiger partial charge in [-0.2, -0.15) is 0 Å². The molecule has 21 heavy (non-hydrogen) atoms. The number of hydrogen-bond donors (Lipinski definition) is 1. The Morgan fingerprint density at radius 3 is 2.05 bits per heavy atom. The van der Waals surface area contributed by atoms with E-state index >= 15 is 0 Å². The zero-order chi connectivity index (χ0) is 14.7. The average Bonchev–Trinajstić information content (AvgIpc) is 3.40. The number of benzene rings is 1. The van der Waals surface area contributed by atoms with E-state index in [0.29, 0.717) is 0 Å². The number of anilines is 1. The molecule has 2 saturated carbocycles. The molecule has 0 amide bonds. The molecular weight excluding hydrogens is 256 g/mol. The molecule has 0 aliphatic heterocycles. The summed E-state index contributed by atoms with van der Waals surface area (Å²) in [4.78, 5) is 2.40. The summed E-state index contributed by atoms with van der Waals surface area (Å²) in [5.41, 5.74) is 2.76. The molecule has 0 heterocycles. The topological polar surface area (TPSA) is 15.3 Å². The Morgan fingerprint density at radius 2 is 1.57 bits per heavy atom. The van der Waals surface area contributed by atoms with Crippen LogP contribution in [0.4, 0.5) is 5.69 Å². The molecular formula is C19H30N2. The Kier molecular flexibility index (Phi) is 4.84. The third-order valence-electron chi connectivity index (χ3n) is 5.23. The predicted octanol–water partition coefficient (Wildman–Crippen LogP) is 4.06. The highest BCUT2D eigenvalue weighted by atomic mass is 15.1. The number of rotatable bonds is 9. The van der Waals surface area contributed by atoms with E-state index in [1.165, 1.54) is 43.5 Å². The van der Waals surface area contributed by atoms with Crippen LogP contribution in [0, 0.1) is 17.8 Å². The molecule has 0 bridgehead atoms. The fourth-order valence-corrected chi connectivity index (χ4v) is 3.56. The summed E-state index contributed by atoms with van der Waals surface area (Å²) >= 11 is 0. The first-order chi connectivity index (χ1) is 10.3. The highest BCUT2D eigenvalue weighted by Crippen LogP contribution is 2.48. The van der Waals surface area contributed by atoms with E-state index in [1.807, 2.05) is 0 Å². The van der Waals surface area contributed by atoms with Gasteiger partial charge in [0.25, 0.3) is 0 Å². The molecule has 0 saturated heterocycles. The highest BCUT2D eigenvalue weighted by molar-refractivity contribution is 5.47. The van der Waals surface area contributed by atoms with Crippen molar-refractivity contribution in [1.29, 1.82) is 0 Å². The maximum absolute atomic E-state index is 3.71. The normalized spacial score (nSPS) is 18.2. The summed E-state index contributed by atoms with van der Waals surface area (Å²) in [6, 6.07) is 9.10. The molecule has 0 unspecified atom stereocenters. The van der Waals surface area contributed by atoms with Gasteiger partial charge in [-0.15, -0.1) is 0 Å². The number of nitrogens with zero attached hydrogens (tertiary/aromatic N) is 1. The fraction of sp³-hybridized carbons (Fsp3) is 0.684. The third-order valence-corrected chi connectivity index (χ3v) is 5.23. The minimum absolute atomic E-state index is 0.972. The van der Waals surface area contributed by atoms with Crippen molar-refractivity contribution in [1.82, 2.24) is 5.32 Å². The predicted molar refractivity (Wildman–Crippen MR) is 90.6 cm³/mol. The first-order valence-corrected chi connectivity index (χ1v) is 8.86. The van der Waals surface area contributed by atoms with Crippen molar-refractivity contribution in [2.75, 3.05) is 24.5 Å². The van der Waals surface area contributed by atoms with Gasteiger partial charge in [-0.05, 0) is 81.5 Å². The van der Waals surface area contributed by atoms with Crippen molar-refractivity contribution in [3.8, 4) is 0 Å². The summed E-state index contributed by atoms with van der Waals surface area (Å²) < 4.78 is 0. The lowest BCUT2D eigenvalue weighted by Crippen LogP contribution is -2.25. The monoisotopic (exact) mass is 286 g/mol. The first kappa shape index (κ1) is 14.9. The quantitative estimate of drug-likeness (QED) is 0.736. The standard InChI is InChI=1S/C19H30N2/c1-3-21(4-2)18-11-5-15(6-12-18)13-20-14-19(16-7-8-16)17-9-10-17/h5-6,11-12,16-17,19-20H,3-4,7-10,13-14H2,1-2H3. The van der Waals surface area contributed by atoms with E-state index in [4.69, 9.17) is 0 Å². The molecule has 2 aliphatic rings. The van der Waals surface area contributed by atoms with E-state index in [2.05, 4.69) is 48.3 Å². The lowest BCUT2D eigenvalue weighted by molar-refractivity contribution is 0.378. The Hall–Kier alpha value is -1.02. The summed E-state index contributed by atoms with van der Waals surface area (Å²) in [6.45, 7) is 8.85. The van der Waals surface area contributed by atoms with Gasteiger partial charge in [0.05, 0.1) is 0 Å². The van der Waals surface area contributed by atoms with Crippen LogP contribution in [0.1, 0.15) is 45.1 Å². The molecule has 0 aromatic heterocycles. The minimum atomic E-state index is 0.972. The van der Waals surface area contributed by atoms with Gasteiger partial charge in [0, 0.05) is 25.3 Å². The molecule has 1 aromatic carbocycles. The lowest BCUT2D eigenvalue weighted by Gasteiger charge is -2.21. The van der Waals surface area contributed by atoms with Crippen molar-refractivity contribution in [3.63, 3.8) is 0 Å². The van der Waals surface area contributed by atoms with E-state index in [-0.39, 0.29) is 0 Å². The van der Waals surface area contributed by atoms with Crippen LogP contribution in [-0.4, -0.2) is 19.6 Å². The van der Waals surface area contributed by atoms with Gasteiger partial charge in [-0.1, -0.05) is 12.1 Å². The smallest absolute Gasteiger partial charge is 0.0366 e. The molecule has 2 nitrogen and oxygen atoms in total. The zero-order valence-electron chi connectivity index (χ0n) is 13.6. The second-order valence-electron chi connectivity index (χ2n) is 6.81. The van der Waals surface area contributed by atoms with Crippen LogP contribution in [0.5, 0.6) is 0 Å². The van der Waals surface area contributed by atoms with Crippen LogP contribution in [-0.2, 0) is 6.54 Å². The highest BCUT2D eigenvalue weighted by Gasteiger charge is 2.40. The molecule has 116 valence electrons. The molecule has 0 atom stereocenters. The summed E-state index contributed by atoms with van der Waals surface area (Å²) in [5.74, 6) is 3.07. The summed E-state index contributed by atoms with van der Waals surface area (Å²) in [6.07, 6.45) is 5.95. The van der Waals surface area contributed by atoms with Gasteiger partial charge >= 0.3 is 0 Å². The van der Waals surface area contributed by atoms with Crippen LogP contribution in [0.15, 0.2) is 24.3 Å². The van der Waals surface area contributed by atoms with Crippen molar-refractivity contribution < 1.29 is 0 Å². The number of nitrogens with one attached hydrogen (secondary N) is 1. The van der Waals surface area contributed by atoms with Crippen LogP contribution < -0.4 is 10.2 Å². The minimum Gasteiger partial charge on any atom is -0.372 e. The summed E-state index contributed by atoms with van der Waals surface area (Å²) in [5, 5.41) is 3.71. The van der Waals surface area contributed by atoms with Crippen molar-refractivity contribution >= 4 is 5.69 Å². The van der Waals surface area contributed by atoms with Gasteiger partial charge in [0.1, 0.15) is 0 Å². The van der Waals surface area contributed by atoms with Crippen molar-refractivity contribution in [2.45, 2.75) is 46.1 Å². The molecule has 0 radical (unpaired) electrons. The van der Waals surface area contributed by atoms with E-state index < -0.39 is 0 Å². The Balaban J connectivity index is 1.46. The molecule has 0 spiro atoms. The summed E-state index contributed by atoms with van der Waals surface area (Å²) in [7, 11) is 0. The van der Waals surface area contributed by atoms with Crippen LogP contribution in [0.25, 0.3) is 0 Å². The molecule has 1 N–H and O–H groups in total. The lowest BCUT2D eigenvalue weighted by atomic mass is 9.98. The molecule has 3 rings (SSSR count). The van der Waals surface area contributed by atoms with E-state index in [9.17, 15) is 0 Å². The van der Waals surface area contributed by atoms with Gasteiger partial charge in [-0.25, -0.2) is 0 Å². The fourth-order valence-electron chi connectivity index (χ4n) is 3.56. The van der Waals surface area contributed by atoms with E-state index in [0.717, 1.165) is 37.4 Å². The Morgan fingerprint density at radius 1 is 1.00 bits per heavy atom. The van der Waals surface area contributed by atoms with E-state index in [1.54, 1.807) is 0 Å². The second-order valence-corrected chi connectivity index (χ2v) is 6.81. The van der Waals surface area contributed by atoms with Gasteiger partial charge in [0.15, 0.2) is 0 Å².